The van der Waals surface area contributed by atoms with Gasteiger partial charge in [-0.05, 0) is 37.3 Å². The van der Waals surface area contributed by atoms with Crippen LogP contribution in [0.2, 0.25) is 0 Å². The number of rotatable bonds is 4. The zero-order valence-electron chi connectivity index (χ0n) is 11.8. The van der Waals surface area contributed by atoms with Crippen LogP contribution in [0, 0.1) is 5.82 Å². The lowest BCUT2D eigenvalue weighted by molar-refractivity contribution is 0.187. The van der Waals surface area contributed by atoms with Crippen molar-refractivity contribution in [3.05, 3.63) is 54.1 Å². The van der Waals surface area contributed by atoms with Gasteiger partial charge >= 0.3 is 6.09 Å². The lowest BCUT2D eigenvalue weighted by atomic mass is 10.2. The van der Waals surface area contributed by atoms with Crippen LogP contribution < -0.4 is 10.6 Å². The van der Waals surface area contributed by atoms with Crippen LogP contribution in [0.15, 0.2) is 42.6 Å². The number of carbonyl (C=O) groups is 1. The second kappa shape index (κ2) is 6.69. The number of hydrogen-bond acceptors (Lipinski definition) is 4. The highest BCUT2D eigenvalue weighted by Gasteiger charge is 2.08. The van der Waals surface area contributed by atoms with Gasteiger partial charge in [0.2, 0.25) is 0 Å². The Kier molecular flexibility index (Phi) is 4.71. The Morgan fingerprint density at radius 1 is 1.29 bits per heavy atom. The maximum absolute atomic E-state index is 12.8. The first-order chi connectivity index (χ1) is 10.1. The van der Waals surface area contributed by atoms with Gasteiger partial charge < -0.3 is 10.1 Å². The van der Waals surface area contributed by atoms with E-state index in [1.807, 2.05) is 13.0 Å². The molecular weight excluding hydrogens is 273 g/mol. The van der Waals surface area contributed by atoms with Gasteiger partial charge in [-0.25, -0.2) is 9.18 Å². The molecule has 0 aliphatic carbocycles. The number of amides is 1. The zero-order chi connectivity index (χ0) is 15.2. The third kappa shape index (κ3) is 4.17. The van der Waals surface area contributed by atoms with Crippen LogP contribution in [0.3, 0.4) is 0 Å². The molecule has 6 heteroatoms. The molecular formula is C15H16FN3O2. The highest BCUT2D eigenvalue weighted by Crippen LogP contribution is 2.21. The van der Waals surface area contributed by atoms with Crippen molar-refractivity contribution in [3.63, 3.8) is 0 Å². The fraction of sp³-hybridized carbons (Fsp3) is 0.200. The molecule has 21 heavy (non-hydrogen) atoms. The fourth-order valence-corrected chi connectivity index (χ4v) is 1.82. The van der Waals surface area contributed by atoms with Crippen LogP contribution >= 0.6 is 0 Å². The van der Waals surface area contributed by atoms with Gasteiger partial charge in [-0.1, -0.05) is 6.07 Å². The van der Waals surface area contributed by atoms with Crippen LogP contribution in [-0.4, -0.2) is 18.2 Å². The van der Waals surface area contributed by atoms with E-state index in [-0.39, 0.29) is 11.9 Å². The molecule has 1 amide bonds. The Morgan fingerprint density at radius 2 is 2.05 bits per heavy atom. The zero-order valence-corrected chi connectivity index (χ0v) is 11.8. The predicted octanol–water partition coefficient (Wildman–Crippen LogP) is 3.57. The third-order valence-electron chi connectivity index (χ3n) is 2.87. The number of nitrogens with zero attached hydrogens (tertiary/aromatic N) is 1. The average Bonchev–Trinajstić information content (AvgIpc) is 2.48. The summed E-state index contributed by atoms with van der Waals surface area (Å²) >= 11 is 0. The summed E-state index contributed by atoms with van der Waals surface area (Å²) in [7, 11) is 1.31. The topological polar surface area (TPSA) is 63.2 Å². The lowest BCUT2D eigenvalue weighted by Crippen LogP contribution is -2.12. The molecule has 0 aliphatic rings. The van der Waals surface area contributed by atoms with Gasteiger partial charge in [-0.3, -0.25) is 10.3 Å². The molecule has 5 nitrogen and oxygen atoms in total. The first kappa shape index (κ1) is 14.8. The summed E-state index contributed by atoms with van der Waals surface area (Å²) in [5, 5.41) is 5.82. The number of carbonyl (C=O) groups excluding carboxylic acids is 1. The number of aromatic nitrogens is 1. The van der Waals surface area contributed by atoms with Gasteiger partial charge in [0.05, 0.1) is 25.0 Å². The van der Waals surface area contributed by atoms with Gasteiger partial charge in [0, 0.05) is 11.4 Å². The molecule has 1 heterocycles. The van der Waals surface area contributed by atoms with E-state index in [2.05, 4.69) is 20.4 Å². The van der Waals surface area contributed by atoms with E-state index >= 15 is 0 Å². The first-order valence-electron chi connectivity index (χ1n) is 6.41. The Labute approximate surface area is 122 Å². The van der Waals surface area contributed by atoms with Crippen molar-refractivity contribution < 1.29 is 13.9 Å². The number of nitrogens with one attached hydrogen (secondary N) is 2. The van der Waals surface area contributed by atoms with Crippen molar-refractivity contribution in [1.29, 1.82) is 0 Å². The van der Waals surface area contributed by atoms with E-state index < -0.39 is 6.09 Å². The largest absolute Gasteiger partial charge is 0.453 e. The molecule has 0 aliphatic heterocycles. The number of anilines is 2. The Morgan fingerprint density at radius 3 is 2.71 bits per heavy atom. The number of benzene rings is 1. The molecule has 1 aromatic carbocycles. The molecule has 1 atom stereocenters. The quantitative estimate of drug-likeness (QED) is 0.903. The number of ether oxygens (including phenoxy) is 1. The van der Waals surface area contributed by atoms with E-state index in [0.717, 1.165) is 11.4 Å². The van der Waals surface area contributed by atoms with Gasteiger partial charge in [-0.2, -0.15) is 0 Å². The smallest absolute Gasteiger partial charge is 0.411 e. The molecule has 0 spiro atoms. The maximum Gasteiger partial charge on any atom is 0.411 e. The number of halogens is 1. The molecule has 1 unspecified atom stereocenters. The van der Waals surface area contributed by atoms with Gasteiger partial charge in [-0.15, -0.1) is 0 Å². The molecule has 2 rings (SSSR count). The maximum atomic E-state index is 12.8. The standard InChI is InChI=1S/C15H16FN3O2/c1-10(14-7-6-11(16)9-17-14)18-12-4-3-5-13(8-12)19-15(20)21-2/h3-10,18H,1-2H3,(H,19,20). The van der Waals surface area contributed by atoms with Crippen LogP contribution in [-0.2, 0) is 4.74 Å². The van der Waals surface area contributed by atoms with Crippen LogP contribution in [0.1, 0.15) is 18.7 Å². The van der Waals surface area contributed by atoms with Crippen LogP contribution in [0.25, 0.3) is 0 Å². The number of methoxy groups -OCH3 is 1. The molecule has 0 saturated carbocycles. The summed E-state index contributed by atoms with van der Waals surface area (Å²) in [5.41, 5.74) is 2.15. The van der Waals surface area contributed by atoms with E-state index in [0.29, 0.717) is 5.69 Å². The first-order valence-corrected chi connectivity index (χ1v) is 6.41. The van der Waals surface area contributed by atoms with Crippen molar-refractivity contribution in [1.82, 2.24) is 4.98 Å². The van der Waals surface area contributed by atoms with Crippen molar-refractivity contribution in [2.24, 2.45) is 0 Å². The van der Waals surface area contributed by atoms with E-state index in [1.54, 1.807) is 24.3 Å². The minimum absolute atomic E-state index is 0.0982. The summed E-state index contributed by atoms with van der Waals surface area (Å²) in [6.45, 7) is 1.92. The van der Waals surface area contributed by atoms with Crippen LogP contribution in [0.4, 0.5) is 20.6 Å². The normalized spacial score (nSPS) is 11.6. The molecule has 0 fully saturated rings. The molecule has 0 radical (unpaired) electrons. The molecule has 1 aromatic heterocycles. The Balaban J connectivity index is 2.06. The van der Waals surface area contributed by atoms with Crippen molar-refractivity contribution in [2.45, 2.75) is 13.0 Å². The summed E-state index contributed by atoms with van der Waals surface area (Å²) in [6.07, 6.45) is 0.656. The summed E-state index contributed by atoms with van der Waals surface area (Å²) in [4.78, 5) is 15.2. The predicted molar refractivity (Wildman–Crippen MR) is 78.7 cm³/mol. The van der Waals surface area contributed by atoms with Crippen molar-refractivity contribution in [2.75, 3.05) is 17.7 Å². The third-order valence-corrected chi connectivity index (χ3v) is 2.87. The minimum Gasteiger partial charge on any atom is -0.453 e. The second-order valence-corrected chi connectivity index (χ2v) is 4.46. The summed E-state index contributed by atoms with van der Waals surface area (Å²) in [6, 6.07) is 10.1. The van der Waals surface area contributed by atoms with Gasteiger partial charge in [0.1, 0.15) is 5.82 Å². The van der Waals surface area contributed by atoms with E-state index in [9.17, 15) is 9.18 Å². The molecule has 0 bridgehead atoms. The van der Waals surface area contributed by atoms with E-state index in [1.165, 1.54) is 19.4 Å². The summed E-state index contributed by atoms with van der Waals surface area (Å²) in [5.74, 6) is -0.366. The van der Waals surface area contributed by atoms with Gasteiger partial charge in [0.15, 0.2) is 0 Å². The average molecular weight is 289 g/mol. The minimum atomic E-state index is -0.527. The monoisotopic (exact) mass is 289 g/mol. The summed E-state index contributed by atoms with van der Waals surface area (Å²) < 4.78 is 17.4. The SMILES string of the molecule is COC(=O)Nc1cccc(NC(C)c2ccc(F)cn2)c1. The number of pyridine rings is 1. The molecule has 2 N–H and O–H groups in total. The lowest BCUT2D eigenvalue weighted by Gasteiger charge is -2.15. The molecule has 110 valence electrons. The van der Waals surface area contributed by atoms with Crippen molar-refractivity contribution in [3.8, 4) is 0 Å². The Bertz CT molecular complexity index is 617. The second-order valence-electron chi connectivity index (χ2n) is 4.46. The highest BCUT2D eigenvalue weighted by atomic mass is 19.1. The molecule has 0 saturated heterocycles. The highest BCUT2D eigenvalue weighted by molar-refractivity contribution is 5.85. The van der Waals surface area contributed by atoms with Crippen LogP contribution in [0.5, 0.6) is 0 Å². The van der Waals surface area contributed by atoms with E-state index in [4.69, 9.17) is 0 Å². The fourth-order valence-electron chi connectivity index (χ4n) is 1.82. The number of hydrogen-bond donors (Lipinski definition) is 2. The Hall–Kier alpha value is -2.63. The molecule has 2 aromatic rings. The van der Waals surface area contributed by atoms with Crippen molar-refractivity contribution >= 4 is 17.5 Å². The van der Waals surface area contributed by atoms with Gasteiger partial charge in [0.25, 0.3) is 0 Å².